The van der Waals surface area contributed by atoms with Crippen LogP contribution in [0.5, 0.6) is 0 Å². The first-order chi connectivity index (χ1) is 6.27. The third-order valence-corrected chi connectivity index (χ3v) is 2.46. The summed E-state index contributed by atoms with van der Waals surface area (Å²) in [7, 11) is 1.40. The van der Waals surface area contributed by atoms with E-state index in [1.807, 2.05) is 0 Å². The van der Waals surface area contributed by atoms with Crippen molar-refractivity contribution in [3.8, 4) is 0 Å². The van der Waals surface area contributed by atoms with Gasteiger partial charge in [0.15, 0.2) is 0 Å². The normalized spacial score (nSPS) is 24.3. The van der Waals surface area contributed by atoms with Gasteiger partial charge in [-0.2, -0.15) is 0 Å². The third-order valence-electron chi connectivity index (χ3n) is 2.46. The molecule has 0 amide bonds. The summed E-state index contributed by atoms with van der Waals surface area (Å²) in [6.07, 6.45) is 1.83. The number of hydrogen-bond donors (Lipinski definition) is 1. The zero-order valence-corrected chi connectivity index (χ0v) is 7.99. The van der Waals surface area contributed by atoms with Gasteiger partial charge in [-0.3, -0.25) is 4.79 Å². The summed E-state index contributed by atoms with van der Waals surface area (Å²) in [5.41, 5.74) is 5.49. The van der Waals surface area contributed by atoms with E-state index in [-0.39, 0.29) is 11.9 Å². The number of rotatable bonds is 4. The van der Waals surface area contributed by atoms with Crippen molar-refractivity contribution in [1.82, 2.24) is 0 Å². The number of ether oxygens (including phenoxy) is 2. The fourth-order valence-electron chi connectivity index (χ4n) is 1.63. The lowest BCUT2D eigenvalue weighted by Gasteiger charge is -2.15. The first kappa shape index (κ1) is 10.5. The average molecular weight is 187 g/mol. The van der Waals surface area contributed by atoms with E-state index in [9.17, 15) is 4.79 Å². The molecule has 0 aromatic heterocycles. The van der Waals surface area contributed by atoms with Crippen LogP contribution in [0.15, 0.2) is 0 Å². The Labute approximate surface area is 78.4 Å². The summed E-state index contributed by atoms with van der Waals surface area (Å²) in [6, 6.07) is 0. The molecule has 1 fully saturated rings. The van der Waals surface area contributed by atoms with E-state index in [1.165, 1.54) is 7.11 Å². The van der Waals surface area contributed by atoms with Crippen LogP contribution in [0, 0.1) is 11.8 Å². The fourth-order valence-corrected chi connectivity index (χ4v) is 1.63. The summed E-state index contributed by atoms with van der Waals surface area (Å²) in [4.78, 5) is 11.2. The van der Waals surface area contributed by atoms with E-state index >= 15 is 0 Å². The number of carbonyl (C=O) groups is 1. The molecule has 1 aliphatic rings. The van der Waals surface area contributed by atoms with Gasteiger partial charge in [0, 0.05) is 19.8 Å². The molecule has 76 valence electrons. The second-order valence-electron chi connectivity index (χ2n) is 3.42. The lowest BCUT2D eigenvalue weighted by molar-refractivity contribution is -0.145. The SMILES string of the molecule is COC(=O)[C@H](CN)C[C@H]1CCOC1. The zero-order valence-electron chi connectivity index (χ0n) is 7.99. The Kier molecular flexibility index (Phi) is 4.18. The summed E-state index contributed by atoms with van der Waals surface area (Å²) >= 11 is 0. The average Bonchev–Trinajstić information content (AvgIpc) is 2.65. The van der Waals surface area contributed by atoms with Crippen LogP contribution in [0.1, 0.15) is 12.8 Å². The fraction of sp³-hybridized carbons (Fsp3) is 0.889. The molecule has 0 spiro atoms. The van der Waals surface area contributed by atoms with Gasteiger partial charge in [-0.25, -0.2) is 0 Å². The van der Waals surface area contributed by atoms with Gasteiger partial charge in [-0.05, 0) is 18.8 Å². The minimum atomic E-state index is -0.200. The number of nitrogens with two attached hydrogens (primary N) is 1. The molecule has 2 N–H and O–H groups in total. The van der Waals surface area contributed by atoms with Crippen molar-refractivity contribution in [2.45, 2.75) is 12.8 Å². The van der Waals surface area contributed by atoms with Gasteiger partial charge in [-0.15, -0.1) is 0 Å². The van der Waals surface area contributed by atoms with Gasteiger partial charge < -0.3 is 15.2 Å². The predicted octanol–water partition coefficient (Wildman–Crippen LogP) is 0.161. The molecule has 0 unspecified atom stereocenters. The van der Waals surface area contributed by atoms with Gasteiger partial charge in [0.2, 0.25) is 0 Å². The molecule has 13 heavy (non-hydrogen) atoms. The maximum Gasteiger partial charge on any atom is 0.309 e. The van der Waals surface area contributed by atoms with E-state index in [2.05, 4.69) is 4.74 Å². The lowest BCUT2D eigenvalue weighted by atomic mass is 9.94. The quantitative estimate of drug-likeness (QED) is 0.637. The smallest absolute Gasteiger partial charge is 0.309 e. The summed E-state index contributed by atoms with van der Waals surface area (Å²) in [5, 5.41) is 0. The molecule has 0 radical (unpaired) electrons. The van der Waals surface area contributed by atoms with E-state index in [0.29, 0.717) is 12.5 Å². The zero-order chi connectivity index (χ0) is 9.68. The largest absolute Gasteiger partial charge is 0.469 e. The van der Waals surface area contributed by atoms with Crippen LogP contribution >= 0.6 is 0 Å². The van der Waals surface area contributed by atoms with E-state index in [4.69, 9.17) is 10.5 Å². The highest BCUT2D eigenvalue weighted by Crippen LogP contribution is 2.21. The molecule has 0 aliphatic carbocycles. The molecule has 0 aromatic rings. The van der Waals surface area contributed by atoms with Crippen LogP contribution in [-0.4, -0.2) is 32.8 Å². The van der Waals surface area contributed by atoms with Crippen LogP contribution in [-0.2, 0) is 14.3 Å². The van der Waals surface area contributed by atoms with Crippen LogP contribution in [0.4, 0.5) is 0 Å². The lowest BCUT2D eigenvalue weighted by Crippen LogP contribution is -2.27. The molecule has 0 bridgehead atoms. The summed E-state index contributed by atoms with van der Waals surface area (Å²) < 4.78 is 9.88. The maximum atomic E-state index is 11.2. The summed E-state index contributed by atoms with van der Waals surface area (Å²) in [6.45, 7) is 1.93. The molecule has 4 heteroatoms. The molecule has 4 nitrogen and oxygen atoms in total. The highest BCUT2D eigenvalue weighted by molar-refractivity contribution is 5.72. The predicted molar refractivity (Wildman–Crippen MR) is 48.1 cm³/mol. The number of esters is 1. The van der Waals surface area contributed by atoms with Crippen LogP contribution < -0.4 is 5.73 Å². The highest BCUT2D eigenvalue weighted by atomic mass is 16.5. The second-order valence-corrected chi connectivity index (χ2v) is 3.42. The molecular weight excluding hydrogens is 170 g/mol. The van der Waals surface area contributed by atoms with Gasteiger partial charge >= 0.3 is 5.97 Å². The van der Waals surface area contributed by atoms with Crippen LogP contribution in [0.3, 0.4) is 0 Å². The maximum absolute atomic E-state index is 11.2. The van der Waals surface area contributed by atoms with Crippen molar-refractivity contribution in [1.29, 1.82) is 0 Å². The Morgan fingerprint density at radius 1 is 1.77 bits per heavy atom. The highest BCUT2D eigenvalue weighted by Gasteiger charge is 2.24. The minimum absolute atomic E-state index is 0.156. The van der Waals surface area contributed by atoms with E-state index < -0.39 is 0 Å². The van der Waals surface area contributed by atoms with Crippen molar-refractivity contribution in [2.24, 2.45) is 17.6 Å². The van der Waals surface area contributed by atoms with E-state index in [0.717, 1.165) is 26.1 Å². The van der Waals surface area contributed by atoms with Crippen molar-refractivity contribution in [2.75, 3.05) is 26.9 Å². The van der Waals surface area contributed by atoms with Crippen molar-refractivity contribution in [3.05, 3.63) is 0 Å². The van der Waals surface area contributed by atoms with Crippen LogP contribution in [0.25, 0.3) is 0 Å². The molecular formula is C9H17NO3. The topological polar surface area (TPSA) is 61.5 Å². The number of methoxy groups -OCH3 is 1. The van der Waals surface area contributed by atoms with Crippen molar-refractivity contribution < 1.29 is 14.3 Å². The molecule has 1 aliphatic heterocycles. The second kappa shape index (κ2) is 5.19. The Hall–Kier alpha value is -0.610. The minimum Gasteiger partial charge on any atom is -0.469 e. The summed E-state index contributed by atoms with van der Waals surface area (Å²) in [5.74, 6) is 0.124. The monoisotopic (exact) mass is 187 g/mol. The molecule has 1 saturated heterocycles. The van der Waals surface area contributed by atoms with Crippen molar-refractivity contribution in [3.63, 3.8) is 0 Å². The standard InChI is InChI=1S/C9H17NO3/c1-12-9(11)8(5-10)4-7-2-3-13-6-7/h7-8H,2-6,10H2,1H3/t7-,8+/m1/s1. The molecule has 2 atom stereocenters. The first-order valence-electron chi connectivity index (χ1n) is 4.63. The molecule has 0 saturated carbocycles. The molecule has 0 aromatic carbocycles. The number of hydrogen-bond acceptors (Lipinski definition) is 4. The Morgan fingerprint density at radius 3 is 3.00 bits per heavy atom. The Balaban J connectivity index is 2.33. The Morgan fingerprint density at radius 2 is 2.54 bits per heavy atom. The van der Waals surface area contributed by atoms with Gasteiger partial charge in [0.05, 0.1) is 13.0 Å². The van der Waals surface area contributed by atoms with Crippen molar-refractivity contribution >= 4 is 5.97 Å². The van der Waals surface area contributed by atoms with Crippen LogP contribution in [0.2, 0.25) is 0 Å². The van der Waals surface area contributed by atoms with Gasteiger partial charge in [0.25, 0.3) is 0 Å². The van der Waals surface area contributed by atoms with E-state index in [1.54, 1.807) is 0 Å². The molecule has 1 rings (SSSR count). The Bertz CT molecular complexity index is 166. The third kappa shape index (κ3) is 2.97. The van der Waals surface area contributed by atoms with Gasteiger partial charge in [-0.1, -0.05) is 0 Å². The number of carbonyl (C=O) groups excluding carboxylic acids is 1. The van der Waals surface area contributed by atoms with Gasteiger partial charge in [0.1, 0.15) is 0 Å². The first-order valence-corrected chi connectivity index (χ1v) is 4.63. The molecule has 1 heterocycles.